The lowest BCUT2D eigenvalue weighted by molar-refractivity contribution is -0.161. The molecule has 0 heterocycles. The van der Waals surface area contributed by atoms with E-state index in [0.29, 0.717) is 12.8 Å². The lowest BCUT2D eigenvalue weighted by Crippen LogP contribution is -2.34. The van der Waals surface area contributed by atoms with Crippen molar-refractivity contribution in [3.8, 4) is 0 Å². The zero-order valence-corrected chi connectivity index (χ0v) is 37.5. The molecule has 58 heavy (non-hydrogen) atoms. The van der Waals surface area contributed by atoms with Gasteiger partial charge in [0.05, 0.1) is 13.2 Å². The molecule has 0 saturated heterocycles. The number of nitrogens with two attached hydrogens (primary N) is 1. The first kappa shape index (κ1) is 55.7. The van der Waals surface area contributed by atoms with Crippen LogP contribution in [0, 0.1) is 0 Å². The van der Waals surface area contributed by atoms with Crippen molar-refractivity contribution in [3.63, 3.8) is 0 Å². The van der Waals surface area contributed by atoms with E-state index >= 15 is 0 Å². The number of phosphoric acid groups is 1. The van der Waals surface area contributed by atoms with Crippen molar-refractivity contribution >= 4 is 25.7 Å². The second-order valence-corrected chi connectivity index (χ2v) is 17.0. The number of hydrogen-bond donors (Lipinski definition) is 3. The number of esters is 2. The highest BCUT2D eigenvalue weighted by Gasteiger charge is 2.28. The van der Waals surface area contributed by atoms with E-state index in [9.17, 15) is 23.8 Å². The molecular weight excluding hydrogens is 757 g/mol. The lowest BCUT2D eigenvalue weighted by atomic mass is 10.1. The Hall–Kier alpha value is -2.30. The molecule has 0 fully saturated rings. The first-order valence-electron chi connectivity index (χ1n) is 23.0. The van der Waals surface area contributed by atoms with Gasteiger partial charge in [0.15, 0.2) is 6.10 Å². The van der Waals surface area contributed by atoms with Crippen molar-refractivity contribution in [3.05, 3.63) is 36.5 Å². The van der Waals surface area contributed by atoms with Gasteiger partial charge in [-0.15, -0.1) is 0 Å². The Morgan fingerprint density at radius 2 is 0.914 bits per heavy atom. The molecule has 4 N–H and O–H groups in total. The fourth-order valence-electron chi connectivity index (χ4n) is 6.21. The Morgan fingerprint density at radius 3 is 1.40 bits per heavy atom. The average Bonchev–Trinajstić information content (AvgIpc) is 3.20. The van der Waals surface area contributed by atoms with Crippen LogP contribution >= 0.6 is 7.82 Å². The van der Waals surface area contributed by atoms with Gasteiger partial charge in [-0.05, 0) is 70.6 Å². The topological polar surface area (TPSA) is 172 Å². The standard InChI is InChI=1S/C46H84NO10P/c1-3-5-7-9-11-13-15-17-19-21-23-25-27-29-31-33-35-37-44(48)54-39-42(40-55-58(52,53)56-41-43(47)46(50)51)57-45(49)38-36-34-32-30-28-26-24-22-20-18-16-14-12-10-8-6-4-2/h11,13-14,16-17,19,42-43H,3-10,12,15,18,20-41,47H2,1-2H3,(H,50,51)(H,52,53)/b13-11+,16-14+,19-17+/t42-,43+/m1/s1. The van der Waals surface area contributed by atoms with Gasteiger partial charge in [-0.3, -0.25) is 23.4 Å². The summed E-state index contributed by atoms with van der Waals surface area (Å²) in [4.78, 5) is 46.0. The van der Waals surface area contributed by atoms with Crippen LogP contribution in [0.2, 0.25) is 0 Å². The monoisotopic (exact) mass is 842 g/mol. The van der Waals surface area contributed by atoms with Crippen LogP contribution < -0.4 is 5.73 Å². The number of carboxylic acids is 1. The fourth-order valence-corrected chi connectivity index (χ4v) is 6.99. The number of phosphoric ester groups is 1. The van der Waals surface area contributed by atoms with Gasteiger partial charge in [0.2, 0.25) is 0 Å². The number of carbonyl (C=O) groups excluding carboxylic acids is 2. The number of unbranched alkanes of at least 4 members (excludes halogenated alkanes) is 23. The quantitative estimate of drug-likeness (QED) is 0.0231. The number of ether oxygens (including phenoxy) is 2. The molecular formula is C46H84NO10P. The Bertz CT molecular complexity index is 1130. The number of carbonyl (C=O) groups is 3. The summed E-state index contributed by atoms with van der Waals surface area (Å²) in [7, 11) is -4.72. The first-order chi connectivity index (χ1) is 28.1. The molecule has 0 aromatic heterocycles. The minimum absolute atomic E-state index is 0.158. The maximum absolute atomic E-state index is 12.6. The maximum atomic E-state index is 12.6. The zero-order valence-electron chi connectivity index (χ0n) is 36.6. The van der Waals surface area contributed by atoms with E-state index in [1.54, 1.807) is 0 Å². The number of hydrogen-bond acceptors (Lipinski definition) is 9. The molecule has 338 valence electrons. The molecule has 0 radical (unpaired) electrons. The minimum Gasteiger partial charge on any atom is -0.480 e. The van der Waals surface area contributed by atoms with Gasteiger partial charge in [0.1, 0.15) is 12.6 Å². The second-order valence-electron chi connectivity index (χ2n) is 15.5. The summed E-state index contributed by atoms with van der Waals surface area (Å²) in [5, 5.41) is 8.90. The van der Waals surface area contributed by atoms with Gasteiger partial charge >= 0.3 is 25.7 Å². The third-order valence-corrected chi connectivity index (χ3v) is 10.8. The Labute approximate surface area is 353 Å². The van der Waals surface area contributed by atoms with Gasteiger partial charge in [-0.2, -0.15) is 0 Å². The minimum atomic E-state index is -4.72. The summed E-state index contributed by atoms with van der Waals surface area (Å²) in [6.45, 7) is 2.77. The molecule has 0 rings (SSSR count). The number of allylic oxidation sites excluding steroid dienone is 6. The molecule has 0 spiro atoms. The summed E-state index contributed by atoms with van der Waals surface area (Å²) in [6, 6.07) is -1.52. The van der Waals surface area contributed by atoms with Crippen molar-refractivity contribution in [2.75, 3.05) is 19.8 Å². The normalized spacial score (nSPS) is 14.0. The molecule has 3 atom stereocenters. The number of aliphatic carboxylic acids is 1. The van der Waals surface area contributed by atoms with E-state index < -0.39 is 51.1 Å². The fraction of sp³-hybridized carbons (Fsp3) is 0.804. The predicted octanol–water partition coefficient (Wildman–Crippen LogP) is 12.4. The Kier molecular flexibility index (Phi) is 39.8. The Balaban J connectivity index is 4.33. The van der Waals surface area contributed by atoms with Crippen LogP contribution in [0.5, 0.6) is 0 Å². The Morgan fingerprint density at radius 1 is 0.534 bits per heavy atom. The van der Waals surface area contributed by atoms with Crippen LogP contribution in [0.15, 0.2) is 36.5 Å². The molecule has 0 aliphatic rings. The second kappa shape index (κ2) is 41.4. The van der Waals surface area contributed by atoms with Crippen LogP contribution in [-0.4, -0.2) is 59.9 Å². The van der Waals surface area contributed by atoms with E-state index in [-0.39, 0.29) is 19.4 Å². The zero-order chi connectivity index (χ0) is 42.8. The van der Waals surface area contributed by atoms with E-state index in [0.717, 1.165) is 51.4 Å². The van der Waals surface area contributed by atoms with Crippen molar-refractivity contribution in [2.24, 2.45) is 5.73 Å². The molecule has 1 unspecified atom stereocenters. The lowest BCUT2D eigenvalue weighted by Gasteiger charge is -2.20. The summed E-state index contributed by atoms with van der Waals surface area (Å²) in [6.07, 6.45) is 44.8. The highest BCUT2D eigenvalue weighted by atomic mass is 31.2. The molecule has 0 aliphatic heterocycles. The van der Waals surface area contributed by atoms with Crippen molar-refractivity contribution in [1.82, 2.24) is 0 Å². The summed E-state index contributed by atoms with van der Waals surface area (Å²) < 4.78 is 32.7. The SMILES string of the molecule is CCCCC/C=C/C/C=C/CCCCCCCCCC(=O)OC[C@H](COP(=O)(O)OC[C@H](N)C(=O)O)OC(=O)CCCCCCCCCCC/C=C/CCCCCC. The van der Waals surface area contributed by atoms with E-state index in [2.05, 4.69) is 54.8 Å². The van der Waals surface area contributed by atoms with Crippen LogP contribution in [0.25, 0.3) is 0 Å². The average molecular weight is 842 g/mol. The number of rotatable bonds is 43. The van der Waals surface area contributed by atoms with Crippen molar-refractivity contribution < 1.29 is 47.5 Å². The van der Waals surface area contributed by atoms with Gasteiger partial charge < -0.3 is 25.2 Å². The third-order valence-electron chi connectivity index (χ3n) is 9.86. The summed E-state index contributed by atoms with van der Waals surface area (Å²) in [5.41, 5.74) is 5.34. The molecule has 12 heteroatoms. The van der Waals surface area contributed by atoms with Crippen molar-refractivity contribution in [2.45, 2.75) is 219 Å². The van der Waals surface area contributed by atoms with Crippen LogP contribution in [0.1, 0.15) is 206 Å². The highest BCUT2D eigenvalue weighted by molar-refractivity contribution is 7.47. The van der Waals surface area contributed by atoms with E-state index in [4.69, 9.17) is 24.8 Å². The van der Waals surface area contributed by atoms with Gasteiger partial charge in [0, 0.05) is 12.8 Å². The van der Waals surface area contributed by atoms with Gasteiger partial charge in [0.25, 0.3) is 0 Å². The van der Waals surface area contributed by atoms with Crippen LogP contribution in [0.3, 0.4) is 0 Å². The van der Waals surface area contributed by atoms with E-state index in [1.165, 1.54) is 116 Å². The molecule has 0 amide bonds. The predicted molar refractivity (Wildman–Crippen MR) is 235 cm³/mol. The summed E-state index contributed by atoms with van der Waals surface area (Å²) in [5.74, 6) is -2.39. The van der Waals surface area contributed by atoms with Gasteiger partial charge in [-0.25, -0.2) is 4.57 Å². The first-order valence-corrected chi connectivity index (χ1v) is 24.5. The van der Waals surface area contributed by atoms with E-state index in [1.807, 2.05) is 0 Å². The smallest absolute Gasteiger partial charge is 0.472 e. The number of carboxylic acid groups (broad SMARTS) is 1. The van der Waals surface area contributed by atoms with Gasteiger partial charge in [-0.1, -0.05) is 159 Å². The van der Waals surface area contributed by atoms with Crippen LogP contribution in [-0.2, 0) is 37.5 Å². The van der Waals surface area contributed by atoms with Crippen LogP contribution in [0.4, 0.5) is 0 Å². The molecule has 0 aromatic carbocycles. The summed E-state index contributed by atoms with van der Waals surface area (Å²) >= 11 is 0. The molecule has 11 nitrogen and oxygen atoms in total. The van der Waals surface area contributed by atoms with Crippen molar-refractivity contribution in [1.29, 1.82) is 0 Å². The molecule has 0 aromatic rings. The molecule has 0 saturated carbocycles. The third kappa shape index (κ3) is 40.5. The maximum Gasteiger partial charge on any atom is 0.472 e. The molecule has 0 bridgehead atoms. The largest absolute Gasteiger partial charge is 0.480 e. The molecule has 0 aliphatic carbocycles. The highest BCUT2D eigenvalue weighted by Crippen LogP contribution is 2.43.